The molecule has 2 aromatic carbocycles. The van der Waals surface area contributed by atoms with E-state index in [0.29, 0.717) is 26.8 Å². The van der Waals surface area contributed by atoms with Gasteiger partial charge in [0, 0.05) is 15.4 Å². The van der Waals surface area contributed by atoms with Crippen molar-refractivity contribution in [2.75, 3.05) is 0 Å². The van der Waals surface area contributed by atoms with Gasteiger partial charge in [0.25, 0.3) is 5.91 Å². The van der Waals surface area contributed by atoms with Crippen LogP contribution in [-0.4, -0.2) is 15.9 Å². The molecule has 6 nitrogen and oxygen atoms in total. The lowest BCUT2D eigenvalue weighted by Crippen LogP contribution is -2.28. The van der Waals surface area contributed by atoms with Crippen LogP contribution >= 0.6 is 31.9 Å². The summed E-state index contributed by atoms with van der Waals surface area (Å²) in [5.41, 5.74) is 1.36. The fourth-order valence-corrected chi connectivity index (χ4v) is 4.19. The SMILES string of the molecule is O=C(NCc1cc(-c2ccc(F)cc2)ncn1)c1cc2cc(Br)cc(Br)c2oc1=O. The molecule has 4 rings (SSSR count). The van der Waals surface area contributed by atoms with E-state index in [1.54, 1.807) is 30.3 Å². The van der Waals surface area contributed by atoms with Crippen LogP contribution in [0, 0.1) is 5.82 Å². The van der Waals surface area contributed by atoms with Crippen molar-refractivity contribution >= 4 is 48.7 Å². The molecule has 0 aliphatic carbocycles. The van der Waals surface area contributed by atoms with Crippen molar-refractivity contribution in [2.24, 2.45) is 0 Å². The van der Waals surface area contributed by atoms with Crippen molar-refractivity contribution in [3.8, 4) is 11.3 Å². The number of hydrogen-bond acceptors (Lipinski definition) is 5. The van der Waals surface area contributed by atoms with Gasteiger partial charge in [-0.2, -0.15) is 0 Å². The van der Waals surface area contributed by atoms with Crippen LogP contribution in [0.3, 0.4) is 0 Å². The molecule has 0 fully saturated rings. The molecule has 0 saturated carbocycles. The number of amides is 1. The number of fused-ring (bicyclic) bond motifs is 1. The molecule has 1 amide bonds. The van der Waals surface area contributed by atoms with Gasteiger partial charge in [-0.25, -0.2) is 19.2 Å². The normalized spacial score (nSPS) is 10.9. The minimum atomic E-state index is -0.738. The molecule has 9 heteroatoms. The van der Waals surface area contributed by atoms with Crippen LogP contribution in [0.2, 0.25) is 0 Å². The van der Waals surface area contributed by atoms with Gasteiger partial charge in [0.05, 0.1) is 22.4 Å². The summed E-state index contributed by atoms with van der Waals surface area (Å²) in [4.78, 5) is 33.1. The van der Waals surface area contributed by atoms with E-state index in [4.69, 9.17) is 4.42 Å². The van der Waals surface area contributed by atoms with E-state index < -0.39 is 11.5 Å². The largest absolute Gasteiger partial charge is 0.421 e. The summed E-state index contributed by atoms with van der Waals surface area (Å²) >= 11 is 6.71. The van der Waals surface area contributed by atoms with Gasteiger partial charge in [-0.15, -0.1) is 0 Å². The summed E-state index contributed by atoms with van der Waals surface area (Å²) in [6.45, 7) is 0.0786. The highest BCUT2D eigenvalue weighted by Gasteiger charge is 2.15. The zero-order valence-electron chi connectivity index (χ0n) is 15.2. The zero-order valence-corrected chi connectivity index (χ0v) is 18.3. The number of hydrogen-bond donors (Lipinski definition) is 1. The Bertz CT molecular complexity index is 1320. The van der Waals surface area contributed by atoms with Gasteiger partial charge in [-0.3, -0.25) is 4.79 Å². The lowest BCUT2D eigenvalue weighted by molar-refractivity contribution is 0.0947. The van der Waals surface area contributed by atoms with Crippen LogP contribution in [0.25, 0.3) is 22.2 Å². The van der Waals surface area contributed by atoms with Crippen molar-refractivity contribution in [1.82, 2.24) is 15.3 Å². The number of benzene rings is 2. The van der Waals surface area contributed by atoms with Crippen LogP contribution < -0.4 is 10.9 Å². The Labute approximate surface area is 186 Å². The topological polar surface area (TPSA) is 85.1 Å². The summed E-state index contributed by atoms with van der Waals surface area (Å²) in [6.07, 6.45) is 1.36. The Morgan fingerprint density at radius 3 is 2.60 bits per heavy atom. The van der Waals surface area contributed by atoms with Crippen LogP contribution in [0.5, 0.6) is 0 Å². The average Bonchev–Trinajstić information content (AvgIpc) is 2.73. The van der Waals surface area contributed by atoms with E-state index in [-0.39, 0.29) is 17.9 Å². The summed E-state index contributed by atoms with van der Waals surface area (Å²) < 4.78 is 19.8. The first kappa shape index (κ1) is 20.4. The monoisotopic (exact) mass is 531 g/mol. The van der Waals surface area contributed by atoms with Crippen molar-refractivity contribution in [2.45, 2.75) is 6.54 Å². The molecule has 0 unspecified atom stereocenters. The van der Waals surface area contributed by atoms with Crippen molar-refractivity contribution < 1.29 is 13.6 Å². The molecule has 0 spiro atoms. The Morgan fingerprint density at radius 1 is 1.07 bits per heavy atom. The fraction of sp³-hybridized carbons (Fsp3) is 0.0476. The second-order valence-corrected chi connectivity index (χ2v) is 8.11. The van der Waals surface area contributed by atoms with Gasteiger partial charge < -0.3 is 9.73 Å². The standard InChI is InChI=1S/C21H12Br2FN3O3/c22-13-5-12-6-16(21(29)30-19(12)17(23)7-13)20(28)25-9-15-8-18(27-10-26-15)11-1-3-14(24)4-2-11/h1-8,10H,9H2,(H,25,28). The van der Waals surface area contributed by atoms with Gasteiger partial charge in [-0.1, -0.05) is 15.9 Å². The number of aromatic nitrogens is 2. The van der Waals surface area contributed by atoms with Crippen LogP contribution in [0.4, 0.5) is 4.39 Å². The van der Waals surface area contributed by atoms with Gasteiger partial charge >= 0.3 is 5.63 Å². The maximum atomic E-state index is 13.1. The molecule has 30 heavy (non-hydrogen) atoms. The molecule has 0 aliphatic rings. The summed E-state index contributed by atoms with van der Waals surface area (Å²) in [6, 6.07) is 12.6. The van der Waals surface area contributed by atoms with Gasteiger partial charge in [0.1, 0.15) is 17.7 Å². The molecule has 150 valence electrons. The maximum Gasteiger partial charge on any atom is 0.349 e. The van der Waals surface area contributed by atoms with Crippen LogP contribution in [0.15, 0.2) is 73.0 Å². The lowest BCUT2D eigenvalue weighted by Gasteiger charge is -2.07. The highest BCUT2D eigenvalue weighted by Crippen LogP contribution is 2.28. The van der Waals surface area contributed by atoms with E-state index in [0.717, 1.165) is 10.0 Å². The first-order valence-electron chi connectivity index (χ1n) is 8.68. The summed E-state index contributed by atoms with van der Waals surface area (Å²) in [5, 5.41) is 3.26. The second kappa shape index (κ2) is 8.45. The smallest absolute Gasteiger partial charge is 0.349 e. The predicted octanol–water partition coefficient (Wildman–Crippen LogP) is 4.84. The van der Waals surface area contributed by atoms with Gasteiger partial charge in [0.2, 0.25) is 0 Å². The number of carbonyl (C=O) groups is 1. The average molecular weight is 533 g/mol. The summed E-state index contributed by atoms with van der Waals surface area (Å²) in [7, 11) is 0. The number of carbonyl (C=O) groups excluding carboxylic acids is 1. The Kier molecular flexibility index (Phi) is 5.74. The van der Waals surface area contributed by atoms with Crippen LogP contribution in [-0.2, 0) is 6.54 Å². The van der Waals surface area contributed by atoms with E-state index in [2.05, 4.69) is 47.1 Å². The van der Waals surface area contributed by atoms with Gasteiger partial charge in [0.15, 0.2) is 5.58 Å². The third-order valence-corrected chi connectivity index (χ3v) is 5.34. The number of halogens is 3. The fourth-order valence-electron chi connectivity index (χ4n) is 2.85. The molecule has 2 aromatic heterocycles. The molecule has 0 bridgehead atoms. The van der Waals surface area contributed by atoms with E-state index in [1.807, 2.05) is 0 Å². The number of nitrogens with zero attached hydrogens (tertiary/aromatic N) is 2. The quantitative estimate of drug-likeness (QED) is 0.380. The predicted molar refractivity (Wildman–Crippen MR) is 116 cm³/mol. The molecule has 4 aromatic rings. The lowest BCUT2D eigenvalue weighted by atomic mass is 10.1. The first-order chi connectivity index (χ1) is 14.4. The zero-order chi connectivity index (χ0) is 21.3. The molecule has 0 saturated heterocycles. The van der Waals surface area contributed by atoms with E-state index >= 15 is 0 Å². The van der Waals surface area contributed by atoms with Crippen molar-refractivity contribution in [1.29, 1.82) is 0 Å². The Hall–Kier alpha value is -2.91. The molecule has 0 radical (unpaired) electrons. The first-order valence-corrected chi connectivity index (χ1v) is 10.3. The molecular formula is C21H12Br2FN3O3. The Balaban J connectivity index is 1.55. The summed E-state index contributed by atoms with van der Waals surface area (Å²) in [5.74, 6) is -0.919. The third kappa shape index (κ3) is 4.31. The highest BCUT2D eigenvalue weighted by atomic mass is 79.9. The minimum Gasteiger partial charge on any atom is -0.421 e. The highest BCUT2D eigenvalue weighted by molar-refractivity contribution is 9.11. The third-order valence-electron chi connectivity index (χ3n) is 4.29. The van der Waals surface area contributed by atoms with Gasteiger partial charge in [-0.05, 0) is 64.5 Å². The van der Waals surface area contributed by atoms with Crippen molar-refractivity contribution in [3.63, 3.8) is 0 Å². The molecular weight excluding hydrogens is 521 g/mol. The maximum absolute atomic E-state index is 13.1. The van der Waals surface area contributed by atoms with E-state index in [1.165, 1.54) is 24.5 Å². The van der Waals surface area contributed by atoms with Crippen molar-refractivity contribution in [3.05, 3.63) is 91.3 Å². The molecule has 0 atom stereocenters. The van der Waals surface area contributed by atoms with E-state index in [9.17, 15) is 14.0 Å². The van der Waals surface area contributed by atoms with Crippen LogP contribution in [0.1, 0.15) is 16.1 Å². The minimum absolute atomic E-state index is 0.0786. The molecule has 2 heterocycles. The molecule has 1 N–H and O–H groups in total. The second-order valence-electron chi connectivity index (χ2n) is 6.34. The number of rotatable bonds is 4. The molecule has 0 aliphatic heterocycles. The Morgan fingerprint density at radius 2 is 1.83 bits per heavy atom. The number of nitrogens with one attached hydrogen (secondary N) is 1.